The SMILES string of the molecule is CCOC(=O)NCCc1nnc(-c2cccc(OC)c2)o1. The number of benzene rings is 1. The third-order valence-corrected chi connectivity index (χ3v) is 2.67. The smallest absolute Gasteiger partial charge is 0.407 e. The maximum absolute atomic E-state index is 11.1. The number of methoxy groups -OCH3 is 1. The van der Waals surface area contributed by atoms with Crippen molar-refractivity contribution in [2.24, 2.45) is 0 Å². The first kappa shape index (κ1) is 14.8. The third-order valence-electron chi connectivity index (χ3n) is 2.67. The van der Waals surface area contributed by atoms with Gasteiger partial charge in [0.25, 0.3) is 0 Å². The Hall–Kier alpha value is -2.57. The van der Waals surface area contributed by atoms with Crippen molar-refractivity contribution in [3.63, 3.8) is 0 Å². The number of alkyl carbamates (subject to hydrolysis) is 1. The van der Waals surface area contributed by atoms with Crippen LogP contribution in [0.3, 0.4) is 0 Å². The number of carbonyl (C=O) groups is 1. The van der Waals surface area contributed by atoms with Crippen LogP contribution in [-0.2, 0) is 11.2 Å². The fraction of sp³-hybridized carbons (Fsp3) is 0.357. The van der Waals surface area contributed by atoms with Crippen LogP contribution in [0.15, 0.2) is 28.7 Å². The monoisotopic (exact) mass is 291 g/mol. The molecule has 112 valence electrons. The molecular weight excluding hydrogens is 274 g/mol. The van der Waals surface area contributed by atoms with Gasteiger partial charge in [0, 0.05) is 18.5 Å². The lowest BCUT2D eigenvalue weighted by atomic mass is 10.2. The topological polar surface area (TPSA) is 86.5 Å². The van der Waals surface area contributed by atoms with E-state index in [0.29, 0.717) is 31.4 Å². The molecule has 0 radical (unpaired) electrons. The van der Waals surface area contributed by atoms with Crippen LogP contribution in [0, 0.1) is 0 Å². The van der Waals surface area contributed by atoms with Gasteiger partial charge in [-0.25, -0.2) is 4.79 Å². The van der Waals surface area contributed by atoms with E-state index in [2.05, 4.69) is 15.5 Å². The molecule has 1 aromatic heterocycles. The van der Waals surface area contributed by atoms with Crippen molar-refractivity contribution in [3.8, 4) is 17.2 Å². The van der Waals surface area contributed by atoms with Crippen LogP contribution in [0.25, 0.3) is 11.5 Å². The van der Waals surface area contributed by atoms with Gasteiger partial charge in [-0.15, -0.1) is 10.2 Å². The Labute approximate surface area is 122 Å². The van der Waals surface area contributed by atoms with Crippen LogP contribution in [-0.4, -0.2) is 36.6 Å². The van der Waals surface area contributed by atoms with Crippen molar-refractivity contribution in [2.45, 2.75) is 13.3 Å². The molecule has 2 rings (SSSR count). The van der Waals surface area contributed by atoms with Crippen LogP contribution in [0.2, 0.25) is 0 Å². The highest BCUT2D eigenvalue weighted by molar-refractivity contribution is 5.67. The van der Waals surface area contributed by atoms with Gasteiger partial charge in [-0.05, 0) is 25.1 Å². The van der Waals surface area contributed by atoms with E-state index in [9.17, 15) is 4.79 Å². The zero-order chi connectivity index (χ0) is 15.1. The van der Waals surface area contributed by atoms with Crippen molar-refractivity contribution in [2.75, 3.05) is 20.3 Å². The molecule has 21 heavy (non-hydrogen) atoms. The van der Waals surface area contributed by atoms with Crippen LogP contribution in [0.4, 0.5) is 4.79 Å². The summed E-state index contributed by atoms with van der Waals surface area (Å²) in [4.78, 5) is 11.1. The van der Waals surface area contributed by atoms with Crippen molar-refractivity contribution < 1.29 is 18.7 Å². The van der Waals surface area contributed by atoms with E-state index >= 15 is 0 Å². The number of nitrogens with zero attached hydrogens (tertiary/aromatic N) is 2. The lowest BCUT2D eigenvalue weighted by molar-refractivity contribution is 0.152. The molecule has 1 heterocycles. The molecule has 1 N–H and O–H groups in total. The van der Waals surface area contributed by atoms with Gasteiger partial charge in [-0.2, -0.15) is 0 Å². The Kier molecular flexibility index (Phi) is 5.14. The van der Waals surface area contributed by atoms with E-state index in [-0.39, 0.29) is 0 Å². The van der Waals surface area contributed by atoms with Gasteiger partial charge in [0.15, 0.2) is 0 Å². The molecule has 0 fully saturated rings. The Morgan fingerprint density at radius 1 is 1.38 bits per heavy atom. The van der Waals surface area contributed by atoms with E-state index in [1.807, 2.05) is 24.3 Å². The summed E-state index contributed by atoms with van der Waals surface area (Å²) in [5.41, 5.74) is 0.784. The van der Waals surface area contributed by atoms with Gasteiger partial charge in [-0.1, -0.05) is 6.07 Å². The lowest BCUT2D eigenvalue weighted by Gasteiger charge is -2.02. The highest BCUT2D eigenvalue weighted by Gasteiger charge is 2.09. The standard InChI is InChI=1S/C14H17N3O4/c1-3-20-14(18)15-8-7-12-16-17-13(21-12)10-5-4-6-11(9-10)19-2/h4-6,9H,3,7-8H2,1-2H3,(H,15,18). The summed E-state index contributed by atoms with van der Waals surface area (Å²) in [7, 11) is 1.60. The van der Waals surface area contributed by atoms with E-state index in [1.54, 1.807) is 14.0 Å². The predicted octanol–water partition coefficient (Wildman–Crippen LogP) is 2.03. The fourth-order valence-electron chi connectivity index (χ4n) is 1.68. The number of nitrogens with one attached hydrogen (secondary N) is 1. The van der Waals surface area contributed by atoms with Gasteiger partial charge < -0.3 is 19.2 Å². The molecule has 0 atom stereocenters. The molecule has 0 bridgehead atoms. The van der Waals surface area contributed by atoms with Crippen LogP contribution in [0.1, 0.15) is 12.8 Å². The molecule has 0 unspecified atom stereocenters. The minimum absolute atomic E-state index is 0.340. The number of carbonyl (C=O) groups excluding carboxylic acids is 1. The summed E-state index contributed by atoms with van der Waals surface area (Å²) in [5.74, 6) is 1.58. The first-order chi connectivity index (χ1) is 10.2. The highest BCUT2D eigenvalue weighted by Crippen LogP contribution is 2.22. The maximum Gasteiger partial charge on any atom is 0.407 e. The zero-order valence-electron chi connectivity index (χ0n) is 12.0. The second-order valence-corrected chi connectivity index (χ2v) is 4.13. The average Bonchev–Trinajstić information content (AvgIpc) is 2.96. The van der Waals surface area contributed by atoms with Gasteiger partial charge in [0.05, 0.1) is 13.7 Å². The number of hydrogen-bond donors (Lipinski definition) is 1. The third kappa shape index (κ3) is 4.20. The summed E-state index contributed by atoms with van der Waals surface area (Å²) >= 11 is 0. The molecule has 1 amide bonds. The average molecular weight is 291 g/mol. The van der Waals surface area contributed by atoms with E-state index in [4.69, 9.17) is 13.9 Å². The maximum atomic E-state index is 11.1. The molecular formula is C14H17N3O4. The summed E-state index contributed by atoms with van der Waals surface area (Å²) < 4.78 is 15.4. The molecule has 0 saturated carbocycles. The van der Waals surface area contributed by atoms with E-state index < -0.39 is 6.09 Å². The van der Waals surface area contributed by atoms with Gasteiger partial charge >= 0.3 is 6.09 Å². The molecule has 0 aliphatic heterocycles. The molecule has 7 nitrogen and oxygen atoms in total. The van der Waals surface area contributed by atoms with E-state index in [0.717, 1.165) is 11.3 Å². The molecule has 2 aromatic rings. The van der Waals surface area contributed by atoms with Gasteiger partial charge in [-0.3, -0.25) is 0 Å². The minimum Gasteiger partial charge on any atom is -0.497 e. The van der Waals surface area contributed by atoms with Gasteiger partial charge in [0.2, 0.25) is 11.8 Å². The summed E-state index contributed by atoms with van der Waals surface area (Å²) in [6.07, 6.45) is -0.0134. The summed E-state index contributed by atoms with van der Waals surface area (Å²) in [5, 5.41) is 10.5. The minimum atomic E-state index is -0.454. The molecule has 0 saturated heterocycles. The van der Waals surface area contributed by atoms with Crippen molar-refractivity contribution in [1.29, 1.82) is 0 Å². The number of hydrogen-bond acceptors (Lipinski definition) is 6. The molecule has 0 spiro atoms. The fourth-order valence-corrected chi connectivity index (χ4v) is 1.68. The quantitative estimate of drug-likeness (QED) is 0.876. The van der Waals surface area contributed by atoms with Crippen LogP contribution >= 0.6 is 0 Å². The second kappa shape index (κ2) is 7.28. The highest BCUT2D eigenvalue weighted by atomic mass is 16.5. The van der Waals surface area contributed by atoms with Crippen molar-refractivity contribution >= 4 is 6.09 Å². The molecule has 0 aliphatic rings. The molecule has 1 aromatic carbocycles. The predicted molar refractivity (Wildman–Crippen MR) is 75.0 cm³/mol. The number of ether oxygens (including phenoxy) is 2. The van der Waals surface area contributed by atoms with Crippen molar-refractivity contribution in [1.82, 2.24) is 15.5 Å². The van der Waals surface area contributed by atoms with E-state index in [1.165, 1.54) is 0 Å². The first-order valence-electron chi connectivity index (χ1n) is 6.60. The number of aromatic nitrogens is 2. The molecule has 0 aliphatic carbocycles. The lowest BCUT2D eigenvalue weighted by Crippen LogP contribution is -2.26. The normalized spacial score (nSPS) is 10.2. The van der Waals surface area contributed by atoms with Crippen LogP contribution < -0.4 is 10.1 Å². The Morgan fingerprint density at radius 3 is 3.00 bits per heavy atom. The summed E-state index contributed by atoms with van der Waals surface area (Å²) in [6, 6.07) is 7.36. The summed E-state index contributed by atoms with van der Waals surface area (Å²) in [6.45, 7) is 2.46. The van der Waals surface area contributed by atoms with Gasteiger partial charge in [0.1, 0.15) is 5.75 Å². The number of amides is 1. The first-order valence-corrected chi connectivity index (χ1v) is 6.60. The zero-order valence-corrected chi connectivity index (χ0v) is 12.0. The Balaban J connectivity index is 1.93. The number of rotatable bonds is 6. The van der Waals surface area contributed by atoms with Crippen molar-refractivity contribution in [3.05, 3.63) is 30.2 Å². The molecule has 7 heteroatoms. The van der Waals surface area contributed by atoms with Crippen LogP contribution in [0.5, 0.6) is 5.75 Å². The Morgan fingerprint density at radius 2 is 2.24 bits per heavy atom. The Bertz CT molecular complexity index is 597. The second-order valence-electron chi connectivity index (χ2n) is 4.13. The largest absolute Gasteiger partial charge is 0.497 e.